The van der Waals surface area contributed by atoms with Gasteiger partial charge in [0.2, 0.25) is 0 Å². The second-order valence-electron chi connectivity index (χ2n) is 6.32. The van der Waals surface area contributed by atoms with Gasteiger partial charge >= 0.3 is 0 Å². The van der Waals surface area contributed by atoms with Gasteiger partial charge in [-0.05, 0) is 44.5 Å². The molecule has 1 aromatic rings. The highest BCUT2D eigenvalue weighted by atomic mass is 16.5. The van der Waals surface area contributed by atoms with E-state index in [1.165, 1.54) is 0 Å². The number of hydrogen-bond acceptors (Lipinski definition) is 2. The average molecular weight is 248 g/mol. The molecule has 0 amide bonds. The second kappa shape index (κ2) is 5.13. The van der Waals surface area contributed by atoms with Crippen molar-refractivity contribution < 1.29 is 9.53 Å². The molecule has 0 aliphatic heterocycles. The number of carbonyl (C=O) groups is 1. The minimum absolute atomic E-state index is 0.156. The molecule has 1 rings (SSSR count). The minimum Gasteiger partial charge on any atom is -0.488 e. The van der Waals surface area contributed by atoms with E-state index >= 15 is 0 Å². The van der Waals surface area contributed by atoms with E-state index < -0.39 is 0 Å². The zero-order valence-electron chi connectivity index (χ0n) is 12.3. The summed E-state index contributed by atoms with van der Waals surface area (Å²) in [5.74, 6) is 0.969. The topological polar surface area (TPSA) is 26.3 Å². The van der Waals surface area contributed by atoms with Gasteiger partial charge in [-0.2, -0.15) is 0 Å². The van der Waals surface area contributed by atoms with Crippen LogP contribution in [0.25, 0.3) is 0 Å². The number of ketones is 1. The molecule has 0 aliphatic rings. The smallest absolute Gasteiger partial charge is 0.168 e. The summed E-state index contributed by atoms with van der Waals surface area (Å²) in [5, 5.41) is 0. The van der Waals surface area contributed by atoms with Crippen molar-refractivity contribution in [3.63, 3.8) is 0 Å². The van der Waals surface area contributed by atoms with Crippen LogP contribution in [0.2, 0.25) is 0 Å². The van der Waals surface area contributed by atoms with Crippen LogP contribution >= 0.6 is 0 Å². The predicted octanol–water partition coefficient (Wildman–Crippen LogP) is 4.48. The summed E-state index contributed by atoms with van der Waals surface area (Å²) in [6, 6.07) is 7.43. The van der Waals surface area contributed by atoms with Gasteiger partial charge < -0.3 is 4.74 Å². The SMILES string of the molecule is CCC(C)(C)Oc1ccc(C(=O)C(C)(C)C)cc1. The van der Waals surface area contributed by atoms with Crippen molar-refractivity contribution in [2.75, 3.05) is 0 Å². The number of hydrogen-bond donors (Lipinski definition) is 0. The van der Waals surface area contributed by atoms with Gasteiger partial charge in [0.15, 0.2) is 5.78 Å². The Morgan fingerprint density at radius 1 is 1.06 bits per heavy atom. The summed E-state index contributed by atoms with van der Waals surface area (Å²) < 4.78 is 5.86. The van der Waals surface area contributed by atoms with Crippen LogP contribution in [0.15, 0.2) is 24.3 Å². The highest BCUT2D eigenvalue weighted by molar-refractivity contribution is 5.99. The van der Waals surface area contributed by atoms with Crippen LogP contribution in [0.1, 0.15) is 58.3 Å². The molecular weight excluding hydrogens is 224 g/mol. The zero-order valence-corrected chi connectivity index (χ0v) is 12.3. The van der Waals surface area contributed by atoms with E-state index in [0.29, 0.717) is 0 Å². The van der Waals surface area contributed by atoms with Crippen molar-refractivity contribution in [3.8, 4) is 5.75 Å². The molecule has 0 heterocycles. The fourth-order valence-corrected chi connectivity index (χ4v) is 1.50. The number of Topliss-reactive ketones (excluding diaryl/α,β-unsaturated/α-hetero) is 1. The maximum atomic E-state index is 12.1. The molecule has 0 saturated carbocycles. The van der Waals surface area contributed by atoms with Crippen molar-refractivity contribution in [3.05, 3.63) is 29.8 Å². The molecule has 0 aromatic heterocycles. The molecule has 2 nitrogen and oxygen atoms in total. The maximum absolute atomic E-state index is 12.1. The molecule has 0 fully saturated rings. The minimum atomic E-state index is -0.342. The second-order valence-corrected chi connectivity index (χ2v) is 6.32. The molecule has 100 valence electrons. The molecular formula is C16H24O2. The summed E-state index contributed by atoms with van der Waals surface area (Å²) >= 11 is 0. The molecule has 0 bridgehead atoms. The molecule has 0 saturated heterocycles. The standard InChI is InChI=1S/C16H24O2/c1-7-16(5,6)18-13-10-8-12(9-11-13)14(17)15(2,3)4/h8-11H,7H2,1-6H3. The van der Waals surface area contributed by atoms with E-state index in [2.05, 4.69) is 20.8 Å². The van der Waals surface area contributed by atoms with Gasteiger partial charge in [0.1, 0.15) is 11.4 Å². The zero-order chi connectivity index (χ0) is 14.0. The summed E-state index contributed by atoms with van der Waals surface area (Å²) in [7, 11) is 0. The number of rotatable bonds is 4. The molecule has 0 N–H and O–H groups in total. The Morgan fingerprint density at radius 2 is 1.56 bits per heavy atom. The lowest BCUT2D eigenvalue weighted by atomic mass is 9.86. The van der Waals surface area contributed by atoms with Gasteiger partial charge in [0.25, 0.3) is 0 Å². The van der Waals surface area contributed by atoms with Gasteiger partial charge in [-0.25, -0.2) is 0 Å². The number of carbonyl (C=O) groups excluding carboxylic acids is 1. The third-order valence-electron chi connectivity index (χ3n) is 3.04. The van der Waals surface area contributed by atoms with Gasteiger partial charge in [-0.1, -0.05) is 27.7 Å². The molecule has 0 aliphatic carbocycles. The molecule has 1 aromatic carbocycles. The molecule has 0 spiro atoms. The van der Waals surface area contributed by atoms with Crippen molar-refractivity contribution in [2.45, 2.75) is 53.6 Å². The first kappa shape index (κ1) is 14.7. The molecule has 0 atom stereocenters. The highest BCUT2D eigenvalue weighted by Gasteiger charge is 2.23. The maximum Gasteiger partial charge on any atom is 0.168 e. The van der Waals surface area contributed by atoms with E-state index in [0.717, 1.165) is 17.7 Å². The van der Waals surface area contributed by atoms with E-state index in [-0.39, 0.29) is 16.8 Å². The Morgan fingerprint density at radius 3 is 1.94 bits per heavy atom. The van der Waals surface area contributed by atoms with Crippen LogP contribution in [0.5, 0.6) is 5.75 Å². The van der Waals surface area contributed by atoms with E-state index in [1.807, 2.05) is 45.0 Å². The Balaban J connectivity index is 2.84. The first-order valence-corrected chi connectivity index (χ1v) is 6.49. The van der Waals surface area contributed by atoms with Gasteiger partial charge in [0, 0.05) is 11.0 Å². The molecule has 18 heavy (non-hydrogen) atoms. The van der Waals surface area contributed by atoms with Crippen LogP contribution in [0, 0.1) is 5.41 Å². The average Bonchev–Trinajstić information content (AvgIpc) is 2.27. The fourth-order valence-electron chi connectivity index (χ4n) is 1.50. The van der Waals surface area contributed by atoms with Crippen molar-refractivity contribution >= 4 is 5.78 Å². The third kappa shape index (κ3) is 3.86. The lowest BCUT2D eigenvalue weighted by molar-refractivity contribution is 0.0858. The first-order chi connectivity index (χ1) is 8.15. The fraction of sp³-hybridized carbons (Fsp3) is 0.562. The predicted molar refractivity (Wildman–Crippen MR) is 75.2 cm³/mol. The Bertz CT molecular complexity index is 408. The van der Waals surface area contributed by atoms with Gasteiger partial charge in [0.05, 0.1) is 0 Å². The van der Waals surface area contributed by atoms with Crippen LogP contribution < -0.4 is 4.74 Å². The Hall–Kier alpha value is -1.31. The molecule has 0 unspecified atom stereocenters. The van der Waals surface area contributed by atoms with E-state index in [9.17, 15) is 4.79 Å². The molecule has 0 radical (unpaired) electrons. The lowest BCUT2D eigenvalue weighted by Crippen LogP contribution is -2.26. The van der Waals surface area contributed by atoms with Crippen LogP contribution in [-0.4, -0.2) is 11.4 Å². The summed E-state index contributed by atoms with van der Waals surface area (Å²) in [6.45, 7) is 12.0. The van der Waals surface area contributed by atoms with Crippen molar-refractivity contribution in [1.82, 2.24) is 0 Å². The number of benzene rings is 1. The quantitative estimate of drug-likeness (QED) is 0.734. The third-order valence-corrected chi connectivity index (χ3v) is 3.04. The van der Waals surface area contributed by atoms with Crippen LogP contribution in [-0.2, 0) is 0 Å². The van der Waals surface area contributed by atoms with Gasteiger partial charge in [-0.15, -0.1) is 0 Å². The molecule has 2 heteroatoms. The Labute approximate surface area is 110 Å². The Kier molecular flexibility index (Phi) is 4.20. The lowest BCUT2D eigenvalue weighted by Gasteiger charge is -2.25. The van der Waals surface area contributed by atoms with Crippen molar-refractivity contribution in [2.24, 2.45) is 5.41 Å². The monoisotopic (exact) mass is 248 g/mol. The highest BCUT2D eigenvalue weighted by Crippen LogP contribution is 2.24. The summed E-state index contributed by atoms with van der Waals surface area (Å²) in [6.07, 6.45) is 0.940. The van der Waals surface area contributed by atoms with Crippen LogP contribution in [0.3, 0.4) is 0 Å². The first-order valence-electron chi connectivity index (χ1n) is 6.49. The largest absolute Gasteiger partial charge is 0.488 e. The normalized spacial score (nSPS) is 12.3. The number of ether oxygens (including phenoxy) is 1. The van der Waals surface area contributed by atoms with E-state index in [1.54, 1.807) is 0 Å². The van der Waals surface area contributed by atoms with E-state index in [4.69, 9.17) is 4.74 Å². The van der Waals surface area contributed by atoms with Gasteiger partial charge in [-0.3, -0.25) is 4.79 Å². The summed E-state index contributed by atoms with van der Waals surface area (Å²) in [5.41, 5.74) is 0.227. The van der Waals surface area contributed by atoms with Crippen molar-refractivity contribution in [1.29, 1.82) is 0 Å². The summed E-state index contributed by atoms with van der Waals surface area (Å²) in [4.78, 5) is 12.1. The van der Waals surface area contributed by atoms with Crippen LogP contribution in [0.4, 0.5) is 0 Å².